The van der Waals surface area contributed by atoms with Gasteiger partial charge >= 0.3 is 0 Å². The second-order valence-electron chi connectivity index (χ2n) is 27.5. The summed E-state index contributed by atoms with van der Waals surface area (Å²) in [5.74, 6) is 0.335. The molecule has 0 bridgehead atoms. The van der Waals surface area contributed by atoms with Crippen molar-refractivity contribution in [1.82, 2.24) is 38.9 Å². The summed E-state index contributed by atoms with van der Waals surface area (Å²) in [6, 6.07) is 25.4. The van der Waals surface area contributed by atoms with E-state index in [1.807, 2.05) is 78.0 Å². The quantitative estimate of drug-likeness (QED) is 0.115. The highest BCUT2D eigenvalue weighted by Crippen LogP contribution is 2.46. The van der Waals surface area contributed by atoms with E-state index in [-0.39, 0.29) is 34.7 Å². The number of carbonyl (C=O) groups excluding carboxylic acids is 2. The van der Waals surface area contributed by atoms with Crippen LogP contribution in [0.5, 0.6) is 0 Å². The van der Waals surface area contributed by atoms with Gasteiger partial charge in [0, 0.05) is 247 Å². The SMILES string of the molecule is CC(=O)N(C)C1CCN(c2cc(Cl)cc3[nH]ccc23)CC1(C)C.CC(=O)N1CCC2(CC1)CN(c1cc(Cl)cc3[nH]ccc13)C2.CN(C1CCN(c2cc(Cl)cc3[nH]ccc23)CC1(C)C)S(C)(=O)=O.Clc1cc(N2CCC(N3CCOCC3)CC2)c2cc[nH]c2c1. The van der Waals surface area contributed by atoms with E-state index in [0.717, 1.165) is 166 Å². The van der Waals surface area contributed by atoms with Gasteiger partial charge in [-0.2, -0.15) is 0 Å². The van der Waals surface area contributed by atoms with Crippen LogP contribution in [-0.4, -0.2) is 189 Å². The molecule has 4 aromatic carbocycles. The van der Waals surface area contributed by atoms with Crippen LogP contribution in [0.2, 0.25) is 20.1 Å². The number of aromatic amines is 4. The summed E-state index contributed by atoms with van der Waals surface area (Å²) < 4.78 is 30.9. The Labute approximate surface area is 556 Å². The Morgan fingerprint density at radius 1 is 0.516 bits per heavy atom. The average molecular weight is 1340 g/mol. The highest BCUT2D eigenvalue weighted by molar-refractivity contribution is 7.88. The van der Waals surface area contributed by atoms with Gasteiger partial charge in [0.25, 0.3) is 0 Å². The van der Waals surface area contributed by atoms with Gasteiger partial charge in [-0.1, -0.05) is 74.1 Å². The minimum atomic E-state index is -3.20. The summed E-state index contributed by atoms with van der Waals surface area (Å²) in [6.07, 6.45) is 15.5. The highest BCUT2D eigenvalue weighted by atomic mass is 35.5. The molecule has 14 rings (SSSR count). The molecule has 2 amide bonds. The molecule has 490 valence electrons. The Bertz CT molecular complexity index is 3980. The number of aromatic nitrogens is 4. The molecule has 1 spiro atoms. The number of piperidine rings is 4. The molecule has 0 radical (unpaired) electrons. The fraction of sp³-hybridized carbons (Fsp3) is 0.507. The summed E-state index contributed by atoms with van der Waals surface area (Å²) in [4.78, 5) is 52.2. The van der Waals surface area contributed by atoms with Gasteiger partial charge in [-0.25, -0.2) is 12.7 Å². The highest BCUT2D eigenvalue weighted by Gasteiger charge is 2.46. The number of fused-ring (bicyclic) bond motifs is 4. The molecule has 6 aliphatic rings. The van der Waals surface area contributed by atoms with Crippen LogP contribution in [0.4, 0.5) is 22.7 Å². The zero-order chi connectivity index (χ0) is 64.7. The number of nitrogens with zero attached hydrogens (tertiary/aromatic N) is 8. The number of rotatable bonds is 8. The smallest absolute Gasteiger partial charge is 0.219 e. The summed E-state index contributed by atoms with van der Waals surface area (Å²) in [6.45, 7) is 25.5. The summed E-state index contributed by atoms with van der Waals surface area (Å²) in [7, 11) is 0.393. The standard InChI is InChI=1S/C18H24ClN3O.C17H24ClN3O2S.C17H20ClN3O.C17H22ClN3O/c1-12(23)21(4)17-6-8-22(11-18(17,2)3)16-10-13(19)9-15-14(16)5-7-20-15;1-17(2)11-21(8-6-16(17)20(3)24(4,22)23)15-10-12(18)9-14-13(15)5-7-19-14;1-12(22)20-6-3-17(4-7-20)10-21(11-17)16-9-13(18)8-15-14(16)2-5-19-15;18-13-11-16-15(1-4-19-16)17(12-13)21-5-2-14(3-6-21)20-7-9-22-10-8-20/h5,7,9-10,17,20H,6,8,11H2,1-4H3;5,7,9-10,16,19H,6,8,11H2,1-4H3;2,5,8-9,19H,3-4,6-7,10-11H2,1H3;1,4,11-12,14,19H,2-3,5-10H2. The van der Waals surface area contributed by atoms with Crippen molar-refractivity contribution >= 4 is 135 Å². The predicted octanol–water partition coefficient (Wildman–Crippen LogP) is 13.6. The molecule has 4 N–H and O–H groups in total. The van der Waals surface area contributed by atoms with Crippen LogP contribution in [-0.2, 0) is 24.3 Å². The van der Waals surface area contributed by atoms with Crippen molar-refractivity contribution in [3.05, 3.63) is 118 Å². The number of ether oxygens (including phenoxy) is 1. The molecule has 6 aliphatic heterocycles. The molecule has 6 saturated heterocycles. The van der Waals surface area contributed by atoms with Gasteiger partial charge in [-0.15, -0.1) is 0 Å². The number of halogens is 4. The maximum Gasteiger partial charge on any atom is 0.219 e. The minimum absolute atomic E-state index is 0.00958. The Morgan fingerprint density at radius 3 is 1.26 bits per heavy atom. The predicted molar refractivity (Wildman–Crippen MR) is 377 cm³/mol. The molecule has 91 heavy (non-hydrogen) atoms. The van der Waals surface area contributed by atoms with Gasteiger partial charge < -0.3 is 54.1 Å². The van der Waals surface area contributed by atoms with Crippen LogP contribution < -0.4 is 19.6 Å². The largest absolute Gasteiger partial charge is 0.379 e. The molecule has 0 saturated carbocycles. The first kappa shape index (κ1) is 66.6. The number of hydrogen-bond acceptors (Lipinski definition) is 10. The van der Waals surface area contributed by atoms with E-state index in [1.165, 1.54) is 56.6 Å². The maximum atomic E-state index is 11.9. The van der Waals surface area contributed by atoms with E-state index in [9.17, 15) is 18.0 Å². The number of morpholine rings is 1. The number of amides is 2. The number of H-pyrrole nitrogens is 4. The molecule has 0 aliphatic carbocycles. The van der Waals surface area contributed by atoms with Crippen LogP contribution >= 0.6 is 46.4 Å². The molecule has 4 aromatic heterocycles. The van der Waals surface area contributed by atoms with Gasteiger partial charge in [0.2, 0.25) is 21.8 Å². The molecule has 17 nitrogen and oxygen atoms in total. The van der Waals surface area contributed by atoms with E-state index >= 15 is 0 Å². The number of anilines is 4. The molecule has 8 aromatic rings. The topological polar surface area (TPSA) is 167 Å². The van der Waals surface area contributed by atoms with Gasteiger partial charge in [0.15, 0.2) is 0 Å². The van der Waals surface area contributed by atoms with Crippen molar-refractivity contribution < 1.29 is 22.7 Å². The van der Waals surface area contributed by atoms with E-state index in [2.05, 4.69) is 109 Å². The zero-order valence-electron chi connectivity index (χ0n) is 54.2. The first-order valence-electron chi connectivity index (χ1n) is 32.1. The third-order valence-corrected chi connectivity index (χ3v) is 22.6. The normalized spacial score (nSPS) is 21.1. The first-order valence-corrected chi connectivity index (χ1v) is 35.4. The Hall–Kier alpha value is -5.83. The molecular weight excluding hydrogens is 1250 g/mol. The number of likely N-dealkylation sites (tertiary alicyclic amines) is 1. The summed E-state index contributed by atoms with van der Waals surface area (Å²) in [5, 5.41) is 7.88. The van der Waals surface area contributed by atoms with Crippen LogP contribution in [0.25, 0.3) is 43.6 Å². The van der Waals surface area contributed by atoms with Crippen LogP contribution in [0.3, 0.4) is 0 Å². The minimum Gasteiger partial charge on any atom is -0.379 e. The van der Waals surface area contributed by atoms with Crippen LogP contribution in [0, 0.1) is 16.2 Å². The Kier molecular flexibility index (Phi) is 19.9. The van der Waals surface area contributed by atoms with Crippen molar-refractivity contribution in [1.29, 1.82) is 0 Å². The summed E-state index contributed by atoms with van der Waals surface area (Å²) in [5.41, 5.74) is 9.30. The van der Waals surface area contributed by atoms with Crippen molar-refractivity contribution in [2.45, 2.75) is 98.2 Å². The number of sulfonamides is 1. The first-order chi connectivity index (χ1) is 43.3. The summed E-state index contributed by atoms with van der Waals surface area (Å²) >= 11 is 25.1. The maximum absolute atomic E-state index is 11.9. The van der Waals surface area contributed by atoms with Crippen LogP contribution in [0.15, 0.2) is 97.6 Å². The van der Waals surface area contributed by atoms with E-state index in [1.54, 1.807) is 20.9 Å². The molecule has 6 fully saturated rings. The second kappa shape index (κ2) is 27.3. The van der Waals surface area contributed by atoms with E-state index in [4.69, 9.17) is 51.1 Å². The van der Waals surface area contributed by atoms with Gasteiger partial charge in [0.1, 0.15) is 0 Å². The number of benzene rings is 4. The molecule has 10 heterocycles. The Morgan fingerprint density at radius 2 is 0.890 bits per heavy atom. The number of nitrogens with one attached hydrogen (secondary N) is 4. The van der Waals surface area contributed by atoms with Crippen molar-refractivity contribution in [2.24, 2.45) is 16.2 Å². The number of hydrogen-bond donors (Lipinski definition) is 4. The van der Waals surface area contributed by atoms with Gasteiger partial charge in [-0.3, -0.25) is 14.5 Å². The zero-order valence-corrected chi connectivity index (χ0v) is 58.0. The lowest BCUT2D eigenvalue weighted by molar-refractivity contribution is -0.132. The molecular formula is C69H90Cl4N12O5S. The number of carbonyl (C=O) groups is 2. The van der Waals surface area contributed by atoms with E-state index in [0.29, 0.717) is 16.5 Å². The molecule has 2 atom stereocenters. The van der Waals surface area contributed by atoms with Crippen molar-refractivity contribution in [2.75, 3.05) is 132 Å². The van der Waals surface area contributed by atoms with Crippen molar-refractivity contribution in [3.8, 4) is 0 Å². The third-order valence-electron chi connectivity index (χ3n) is 20.4. The van der Waals surface area contributed by atoms with Crippen LogP contribution in [0.1, 0.15) is 80.1 Å². The van der Waals surface area contributed by atoms with Crippen molar-refractivity contribution in [3.63, 3.8) is 0 Å². The fourth-order valence-corrected chi connectivity index (χ4v) is 17.1. The lowest BCUT2D eigenvalue weighted by Gasteiger charge is -2.55. The second-order valence-corrected chi connectivity index (χ2v) is 31.3. The Balaban J connectivity index is 0.000000125. The van der Waals surface area contributed by atoms with E-state index < -0.39 is 10.0 Å². The third kappa shape index (κ3) is 14.8. The average Bonchev–Trinajstić information content (AvgIpc) is 1.78. The fourth-order valence-electron chi connectivity index (χ4n) is 15.4. The van der Waals surface area contributed by atoms with Gasteiger partial charge in [-0.05, 0) is 117 Å². The lowest BCUT2D eigenvalue weighted by atomic mass is 9.71. The lowest BCUT2D eigenvalue weighted by Crippen LogP contribution is -2.60. The molecule has 2 unspecified atom stereocenters. The monoisotopic (exact) mass is 1340 g/mol. The van der Waals surface area contributed by atoms with Gasteiger partial charge in [0.05, 0.1) is 19.5 Å². The molecule has 22 heteroatoms.